The van der Waals surface area contributed by atoms with Gasteiger partial charge in [0.05, 0.1) is 13.0 Å². The molecule has 0 atom stereocenters. The number of esters is 1. The van der Waals surface area contributed by atoms with Gasteiger partial charge in [-0.2, -0.15) is 4.31 Å². The summed E-state index contributed by atoms with van der Waals surface area (Å²) in [4.78, 5) is 26.2. The van der Waals surface area contributed by atoms with E-state index in [2.05, 4.69) is 0 Å². The van der Waals surface area contributed by atoms with Gasteiger partial charge in [-0.05, 0) is 50.7 Å². The van der Waals surface area contributed by atoms with Crippen LogP contribution in [0, 0.1) is 17.7 Å². The summed E-state index contributed by atoms with van der Waals surface area (Å²) in [6.45, 7) is 3.34. The number of piperidine rings is 1. The zero-order valence-corrected chi connectivity index (χ0v) is 18.1. The van der Waals surface area contributed by atoms with Gasteiger partial charge in [-0.1, -0.05) is 12.1 Å². The zero-order chi connectivity index (χ0) is 21.7. The Morgan fingerprint density at radius 3 is 2.43 bits per heavy atom. The van der Waals surface area contributed by atoms with Gasteiger partial charge in [0, 0.05) is 32.1 Å². The second-order valence-corrected chi connectivity index (χ2v) is 9.80. The van der Waals surface area contributed by atoms with Gasteiger partial charge in [0.2, 0.25) is 15.9 Å². The fraction of sp³-hybridized carbons (Fsp3) is 0.619. The number of halogens is 1. The summed E-state index contributed by atoms with van der Waals surface area (Å²) < 4.78 is 45.7. The molecule has 0 spiro atoms. The van der Waals surface area contributed by atoms with Crippen molar-refractivity contribution in [2.45, 2.75) is 43.9 Å². The van der Waals surface area contributed by atoms with E-state index in [9.17, 15) is 22.4 Å². The fourth-order valence-corrected chi connectivity index (χ4v) is 5.29. The Kier molecular flexibility index (Phi) is 7.46. The van der Waals surface area contributed by atoms with E-state index < -0.39 is 15.8 Å². The minimum atomic E-state index is -3.93. The average Bonchev–Trinajstić information content (AvgIpc) is 3.55. The molecular weight excluding hydrogens is 411 g/mol. The third-order valence-corrected chi connectivity index (χ3v) is 7.57. The van der Waals surface area contributed by atoms with Crippen molar-refractivity contribution < 1.29 is 27.1 Å². The van der Waals surface area contributed by atoms with Gasteiger partial charge in [0.1, 0.15) is 10.7 Å². The highest BCUT2D eigenvalue weighted by atomic mass is 32.2. The van der Waals surface area contributed by atoms with Gasteiger partial charge in [0.15, 0.2) is 0 Å². The Balaban J connectivity index is 1.60. The normalized spacial score (nSPS) is 18.2. The molecule has 1 heterocycles. The predicted molar refractivity (Wildman–Crippen MR) is 108 cm³/mol. The van der Waals surface area contributed by atoms with Crippen LogP contribution in [0.15, 0.2) is 29.2 Å². The molecule has 166 valence electrons. The van der Waals surface area contributed by atoms with Crippen LogP contribution in [0.25, 0.3) is 0 Å². The molecular formula is C21H29FN2O5S. The third kappa shape index (κ3) is 5.57. The molecule has 1 aliphatic carbocycles. The van der Waals surface area contributed by atoms with Crippen molar-refractivity contribution in [1.82, 2.24) is 9.21 Å². The van der Waals surface area contributed by atoms with Crippen molar-refractivity contribution in [3.63, 3.8) is 0 Å². The summed E-state index contributed by atoms with van der Waals surface area (Å²) in [5.74, 6) is -0.938. The van der Waals surface area contributed by atoms with Crippen molar-refractivity contribution in [3.8, 4) is 0 Å². The number of carbonyl (C=O) groups is 2. The van der Waals surface area contributed by atoms with Crippen molar-refractivity contribution in [2.24, 2.45) is 11.8 Å². The molecule has 1 aromatic carbocycles. The number of ether oxygens (including phenoxy) is 1. The molecule has 0 radical (unpaired) electrons. The number of carbonyl (C=O) groups excluding carboxylic acids is 2. The van der Waals surface area contributed by atoms with Crippen molar-refractivity contribution in [2.75, 3.05) is 32.8 Å². The SMILES string of the molecule is CCOC(=O)CCN(CC1CC1)C(=O)C1CCN(S(=O)(=O)c2ccccc2F)CC1. The van der Waals surface area contributed by atoms with Crippen molar-refractivity contribution in [3.05, 3.63) is 30.1 Å². The van der Waals surface area contributed by atoms with Gasteiger partial charge >= 0.3 is 5.97 Å². The lowest BCUT2D eigenvalue weighted by molar-refractivity contribution is -0.144. The molecule has 1 saturated carbocycles. The summed E-state index contributed by atoms with van der Waals surface area (Å²) >= 11 is 0. The summed E-state index contributed by atoms with van der Waals surface area (Å²) in [6.07, 6.45) is 3.10. The van der Waals surface area contributed by atoms with Gasteiger partial charge in [-0.25, -0.2) is 12.8 Å². The lowest BCUT2D eigenvalue weighted by Gasteiger charge is -2.33. The highest BCUT2D eigenvalue weighted by Gasteiger charge is 2.36. The summed E-state index contributed by atoms with van der Waals surface area (Å²) in [5, 5.41) is 0. The average molecular weight is 441 g/mol. The first-order valence-electron chi connectivity index (χ1n) is 10.5. The molecule has 0 N–H and O–H groups in total. The molecule has 1 aromatic rings. The number of hydrogen-bond acceptors (Lipinski definition) is 5. The van der Waals surface area contributed by atoms with Crippen LogP contribution in [0.4, 0.5) is 4.39 Å². The van der Waals surface area contributed by atoms with E-state index in [4.69, 9.17) is 4.74 Å². The van der Waals surface area contributed by atoms with E-state index in [1.165, 1.54) is 22.5 Å². The molecule has 30 heavy (non-hydrogen) atoms. The second-order valence-electron chi connectivity index (χ2n) is 7.89. The molecule has 1 aliphatic heterocycles. The van der Waals surface area contributed by atoms with E-state index in [0.29, 0.717) is 38.5 Å². The topological polar surface area (TPSA) is 84.0 Å². The smallest absolute Gasteiger partial charge is 0.307 e. The molecule has 2 fully saturated rings. The number of rotatable bonds is 9. The van der Waals surface area contributed by atoms with Crippen LogP contribution in [-0.4, -0.2) is 62.3 Å². The largest absolute Gasteiger partial charge is 0.466 e. The number of amides is 1. The number of hydrogen-bond donors (Lipinski definition) is 0. The molecule has 0 bridgehead atoms. The Morgan fingerprint density at radius 2 is 1.83 bits per heavy atom. The Bertz CT molecular complexity index is 864. The maximum Gasteiger partial charge on any atom is 0.307 e. The summed E-state index contributed by atoms with van der Waals surface area (Å²) in [6, 6.07) is 5.33. The van der Waals surface area contributed by atoms with E-state index in [1.54, 1.807) is 11.8 Å². The van der Waals surface area contributed by atoms with E-state index in [-0.39, 0.29) is 42.2 Å². The Labute approximate surface area is 177 Å². The maximum absolute atomic E-state index is 14.0. The van der Waals surface area contributed by atoms with Crippen LogP contribution in [0.1, 0.15) is 39.0 Å². The van der Waals surface area contributed by atoms with Crippen LogP contribution >= 0.6 is 0 Å². The molecule has 1 saturated heterocycles. The van der Waals surface area contributed by atoms with Gasteiger partial charge in [-0.15, -0.1) is 0 Å². The number of sulfonamides is 1. The van der Waals surface area contributed by atoms with Crippen LogP contribution in [-0.2, 0) is 24.3 Å². The highest BCUT2D eigenvalue weighted by molar-refractivity contribution is 7.89. The predicted octanol–water partition coefficient (Wildman–Crippen LogP) is 2.42. The first-order valence-corrected chi connectivity index (χ1v) is 12.0. The zero-order valence-electron chi connectivity index (χ0n) is 17.3. The van der Waals surface area contributed by atoms with E-state index in [1.807, 2.05) is 0 Å². The van der Waals surface area contributed by atoms with Crippen molar-refractivity contribution in [1.29, 1.82) is 0 Å². The molecule has 9 heteroatoms. The van der Waals surface area contributed by atoms with Crippen LogP contribution < -0.4 is 0 Å². The van der Waals surface area contributed by atoms with Crippen LogP contribution in [0.3, 0.4) is 0 Å². The van der Waals surface area contributed by atoms with E-state index in [0.717, 1.165) is 18.9 Å². The first-order chi connectivity index (χ1) is 14.3. The quantitative estimate of drug-likeness (QED) is 0.551. The fourth-order valence-electron chi connectivity index (χ4n) is 3.76. The monoisotopic (exact) mass is 440 g/mol. The molecule has 0 aromatic heterocycles. The Morgan fingerprint density at radius 1 is 1.17 bits per heavy atom. The molecule has 0 unspecified atom stereocenters. The van der Waals surface area contributed by atoms with Gasteiger partial charge in [-0.3, -0.25) is 9.59 Å². The molecule has 7 nitrogen and oxygen atoms in total. The van der Waals surface area contributed by atoms with Gasteiger partial charge < -0.3 is 9.64 Å². The minimum Gasteiger partial charge on any atom is -0.466 e. The molecule has 3 rings (SSSR count). The standard InChI is InChI=1S/C21H29FN2O5S/c1-2-29-20(25)11-12-23(15-16-7-8-16)21(26)17-9-13-24(14-10-17)30(27,28)19-6-4-3-5-18(19)22/h3-6,16-17H,2,7-15H2,1H3. The van der Waals surface area contributed by atoms with Crippen molar-refractivity contribution >= 4 is 21.9 Å². The number of nitrogens with zero attached hydrogens (tertiary/aromatic N) is 2. The second kappa shape index (κ2) is 9.87. The minimum absolute atomic E-state index is 0.0332. The highest BCUT2D eigenvalue weighted by Crippen LogP contribution is 2.31. The van der Waals surface area contributed by atoms with Gasteiger partial charge in [0.25, 0.3) is 0 Å². The molecule has 1 amide bonds. The molecule has 2 aliphatic rings. The Hall–Kier alpha value is -2.00. The lowest BCUT2D eigenvalue weighted by Crippen LogP contribution is -2.45. The summed E-state index contributed by atoms with van der Waals surface area (Å²) in [7, 11) is -3.93. The summed E-state index contributed by atoms with van der Waals surface area (Å²) in [5.41, 5.74) is 0. The lowest BCUT2D eigenvalue weighted by atomic mass is 9.96. The van der Waals surface area contributed by atoms with Crippen LogP contribution in [0.5, 0.6) is 0 Å². The van der Waals surface area contributed by atoms with E-state index >= 15 is 0 Å². The maximum atomic E-state index is 14.0. The number of benzene rings is 1. The van der Waals surface area contributed by atoms with Crippen LogP contribution in [0.2, 0.25) is 0 Å². The first kappa shape index (κ1) is 22.7. The third-order valence-electron chi connectivity index (χ3n) is 5.64.